The van der Waals surface area contributed by atoms with E-state index in [0.29, 0.717) is 16.6 Å². The lowest BCUT2D eigenvalue weighted by Gasteiger charge is -2.35. The summed E-state index contributed by atoms with van der Waals surface area (Å²) < 4.78 is 11.1. The predicted octanol–water partition coefficient (Wildman–Crippen LogP) is 5.39. The summed E-state index contributed by atoms with van der Waals surface area (Å²) in [7, 11) is 3.33. The van der Waals surface area contributed by atoms with Gasteiger partial charge in [0.15, 0.2) is 11.5 Å². The van der Waals surface area contributed by atoms with Crippen LogP contribution in [0.4, 0.5) is 0 Å². The molecule has 0 bridgehead atoms. The van der Waals surface area contributed by atoms with Crippen molar-refractivity contribution in [3.63, 3.8) is 0 Å². The van der Waals surface area contributed by atoms with E-state index >= 15 is 0 Å². The first-order chi connectivity index (χ1) is 14.5. The first kappa shape index (κ1) is 21.3. The van der Waals surface area contributed by atoms with Gasteiger partial charge in [-0.05, 0) is 42.0 Å². The highest BCUT2D eigenvalue weighted by molar-refractivity contribution is 6.35. The van der Waals surface area contributed by atoms with Crippen molar-refractivity contribution in [2.75, 3.05) is 20.8 Å². The van der Waals surface area contributed by atoms with E-state index in [-0.39, 0.29) is 6.04 Å². The third-order valence-electron chi connectivity index (χ3n) is 5.73. The lowest BCUT2D eigenvalue weighted by atomic mass is 9.87. The van der Waals surface area contributed by atoms with E-state index < -0.39 is 0 Å². The zero-order valence-corrected chi connectivity index (χ0v) is 19.1. The van der Waals surface area contributed by atoms with Gasteiger partial charge in [-0.1, -0.05) is 53.0 Å². The van der Waals surface area contributed by atoms with E-state index in [1.54, 1.807) is 14.2 Å². The molecule has 156 valence electrons. The molecule has 1 N–H and O–H groups in total. The lowest BCUT2D eigenvalue weighted by Crippen LogP contribution is -3.12. The van der Waals surface area contributed by atoms with Gasteiger partial charge in [0, 0.05) is 28.1 Å². The number of quaternary nitrogens is 1. The van der Waals surface area contributed by atoms with Crippen LogP contribution in [0, 0.1) is 0 Å². The maximum Gasteiger partial charge on any atom is 0.161 e. The van der Waals surface area contributed by atoms with E-state index in [0.717, 1.165) is 40.6 Å². The Bertz CT molecular complexity index is 1050. The molecule has 6 heteroatoms. The van der Waals surface area contributed by atoms with Crippen molar-refractivity contribution < 1.29 is 14.4 Å². The SMILES string of the molecule is COc1cc2c(cc1OC)[C@H](c1cccc(Cl)c1)[NH+](Cc1c(Cl)cccc1Cl)CC2. The summed E-state index contributed by atoms with van der Waals surface area (Å²) in [6.45, 7) is 1.64. The third kappa shape index (κ3) is 4.13. The molecule has 0 amide bonds. The number of hydrogen-bond donors (Lipinski definition) is 1. The topological polar surface area (TPSA) is 22.9 Å². The maximum absolute atomic E-state index is 6.50. The average Bonchev–Trinajstić information content (AvgIpc) is 2.75. The highest BCUT2D eigenvalue weighted by Crippen LogP contribution is 2.37. The summed E-state index contributed by atoms with van der Waals surface area (Å²) in [5.74, 6) is 1.47. The van der Waals surface area contributed by atoms with Gasteiger partial charge in [0.25, 0.3) is 0 Å². The molecule has 0 spiro atoms. The van der Waals surface area contributed by atoms with Crippen LogP contribution in [0.5, 0.6) is 11.5 Å². The monoisotopic (exact) mass is 462 g/mol. The number of halogens is 3. The molecular weight excluding hydrogens is 441 g/mol. The number of benzene rings is 3. The Labute approximate surface area is 192 Å². The van der Waals surface area contributed by atoms with Crippen LogP contribution in [0.2, 0.25) is 15.1 Å². The molecule has 1 aliphatic heterocycles. The largest absolute Gasteiger partial charge is 0.493 e. The molecule has 3 aromatic carbocycles. The Morgan fingerprint density at radius 3 is 2.23 bits per heavy atom. The molecule has 1 heterocycles. The minimum atomic E-state index is 0.0691. The van der Waals surface area contributed by atoms with Crippen molar-refractivity contribution >= 4 is 34.8 Å². The zero-order valence-electron chi connectivity index (χ0n) is 16.8. The molecule has 2 atom stereocenters. The quantitative estimate of drug-likeness (QED) is 0.548. The summed E-state index contributed by atoms with van der Waals surface area (Å²) in [4.78, 5) is 1.35. The fourth-order valence-electron chi connectivity index (χ4n) is 4.30. The molecular formula is C24H23Cl3NO2+. The molecule has 0 radical (unpaired) electrons. The fourth-order valence-corrected chi connectivity index (χ4v) is 5.03. The summed E-state index contributed by atoms with van der Waals surface area (Å²) in [6.07, 6.45) is 0.921. The highest BCUT2D eigenvalue weighted by Gasteiger charge is 2.34. The van der Waals surface area contributed by atoms with Crippen LogP contribution in [-0.2, 0) is 13.0 Å². The van der Waals surface area contributed by atoms with Crippen LogP contribution in [0.3, 0.4) is 0 Å². The standard InChI is InChI=1S/C24H22Cl3NO2/c1-29-22-12-15-9-10-28(14-19-20(26)7-4-8-21(19)27)24(18(15)13-23(22)30-2)16-5-3-6-17(25)11-16/h3-8,11-13,24H,9-10,14H2,1-2H3/p+1/t24-/m0/s1. The smallest absolute Gasteiger partial charge is 0.161 e. The molecule has 0 saturated carbocycles. The normalized spacial score (nSPS) is 18.0. The lowest BCUT2D eigenvalue weighted by molar-refractivity contribution is -0.941. The summed E-state index contributed by atoms with van der Waals surface area (Å²) in [5.41, 5.74) is 4.58. The van der Waals surface area contributed by atoms with Crippen LogP contribution in [-0.4, -0.2) is 20.8 Å². The van der Waals surface area contributed by atoms with Gasteiger partial charge < -0.3 is 14.4 Å². The number of rotatable bonds is 5. The van der Waals surface area contributed by atoms with E-state index in [2.05, 4.69) is 18.2 Å². The van der Waals surface area contributed by atoms with Crippen LogP contribution >= 0.6 is 34.8 Å². The Hall–Kier alpha value is -1.91. The molecule has 1 aliphatic rings. The number of fused-ring (bicyclic) bond motifs is 1. The van der Waals surface area contributed by atoms with Gasteiger partial charge >= 0.3 is 0 Å². The summed E-state index contributed by atoms with van der Waals surface area (Å²) in [5, 5.41) is 2.10. The Kier molecular flexibility index (Phi) is 6.45. The second-order valence-corrected chi connectivity index (χ2v) is 8.68. The minimum Gasteiger partial charge on any atom is -0.493 e. The summed E-state index contributed by atoms with van der Waals surface area (Å²) >= 11 is 19.4. The highest BCUT2D eigenvalue weighted by atomic mass is 35.5. The maximum atomic E-state index is 6.50. The number of nitrogens with one attached hydrogen (secondary N) is 1. The van der Waals surface area contributed by atoms with Crippen molar-refractivity contribution in [3.05, 3.63) is 91.9 Å². The van der Waals surface area contributed by atoms with E-state index in [1.165, 1.54) is 16.0 Å². The Morgan fingerprint density at radius 2 is 1.57 bits per heavy atom. The second-order valence-electron chi connectivity index (χ2n) is 7.43. The van der Waals surface area contributed by atoms with E-state index in [9.17, 15) is 0 Å². The van der Waals surface area contributed by atoms with Crippen LogP contribution in [0.1, 0.15) is 28.3 Å². The van der Waals surface area contributed by atoms with Crippen molar-refractivity contribution in [3.8, 4) is 11.5 Å². The summed E-state index contributed by atoms with van der Waals surface area (Å²) in [6, 6.07) is 18.0. The van der Waals surface area contributed by atoms with Gasteiger partial charge in [-0.25, -0.2) is 0 Å². The minimum absolute atomic E-state index is 0.0691. The van der Waals surface area contributed by atoms with Crippen molar-refractivity contribution in [2.45, 2.75) is 19.0 Å². The van der Waals surface area contributed by atoms with Crippen molar-refractivity contribution in [1.29, 1.82) is 0 Å². The van der Waals surface area contributed by atoms with Crippen LogP contribution in [0.15, 0.2) is 54.6 Å². The average molecular weight is 464 g/mol. The van der Waals surface area contributed by atoms with E-state index in [4.69, 9.17) is 44.3 Å². The predicted molar refractivity (Wildman–Crippen MR) is 123 cm³/mol. The van der Waals surface area contributed by atoms with Crippen LogP contribution < -0.4 is 14.4 Å². The molecule has 4 rings (SSSR count). The molecule has 30 heavy (non-hydrogen) atoms. The van der Waals surface area contributed by atoms with Gasteiger partial charge in [0.2, 0.25) is 0 Å². The van der Waals surface area contributed by atoms with Crippen molar-refractivity contribution in [2.24, 2.45) is 0 Å². The van der Waals surface area contributed by atoms with Gasteiger partial charge in [-0.15, -0.1) is 0 Å². The number of hydrogen-bond acceptors (Lipinski definition) is 2. The van der Waals surface area contributed by atoms with Gasteiger partial charge in [-0.3, -0.25) is 0 Å². The second kappa shape index (κ2) is 9.07. The molecule has 0 fully saturated rings. The van der Waals surface area contributed by atoms with Gasteiger partial charge in [0.05, 0.1) is 30.8 Å². The van der Waals surface area contributed by atoms with Gasteiger partial charge in [0.1, 0.15) is 12.6 Å². The fraction of sp³-hybridized carbons (Fsp3) is 0.250. The van der Waals surface area contributed by atoms with Crippen LogP contribution in [0.25, 0.3) is 0 Å². The Balaban J connectivity index is 1.83. The number of methoxy groups -OCH3 is 2. The molecule has 0 aromatic heterocycles. The molecule has 3 aromatic rings. The number of ether oxygens (including phenoxy) is 2. The molecule has 1 unspecified atom stereocenters. The third-order valence-corrected chi connectivity index (χ3v) is 6.67. The zero-order chi connectivity index (χ0) is 21.3. The van der Waals surface area contributed by atoms with Gasteiger partial charge in [-0.2, -0.15) is 0 Å². The van der Waals surface area contributed by atoms with Crippen molar-refractivity contribution in [1.82, 2.24) is 0 Å². The molecule has 0 aliphatic carbocycles. The molecule has 0 saturated heterocycles. The first-order valence-electron chi connectivity index (χ1n) is 9.79. The van der Waals surface area contributed by atoms with E-state index in [1.807, 2.05) is 36.4 Å². The molecule has 3 nitrogen and oxygen atoms in total. The Morgan fingerprint density at radius 1 is 0.900 bits per heavy atom. The first-order valence-corrected chi connectivity index (χ1v) is 10.9.